The van der Waals surface area contributed by atoms with E-state index in [-0.39, 0.29) is 5.57 Å². The molecule has 3 rings (SSSR count). The smallest absolute Gasteiger partial charge is 0.266 e. The van der Waals surface area contributed by atoms with Crippen molar-refractivity contribution in [3.05, 3.63) is 108 Å². The summed E-state index contributed by atoms with van der Waals surface area (Å²) in [4.78, 5) is 12.6. The van der Waals surface area contributed by atoms with Gasteiger partial charge in [0.1, 0.15) is 36.4 Å². The standard InChI is InChI=1S/C27H24N2O3/c1-3-16-31-26-7-5-4-6-22(26)17-23(18-28)27(30)29-24-12-14-25(15-13-24)32-19-21-10-8-20(2)9-11-21/h3-15,17H,1,16,19H2,2H3,(H,29,30)/b23-17+. The normalized spacial score (nSPS) is 10.7. The van der Waals surface area contributed by atoms with Crippen molar-refractivity contribution in [2.45, 2.75) is 13.5 Å². The van der Waals surface area contributed by atoms with Crippen LogP contribution in [0.15, 0.2) is 91.0 Å². The highest BCUT2D eigenvalue weighted by atomic mass is 16.5. The van der Waals surface area contributed by atoms with E-state index < -0.39 is 5.91 Å². The minimum Gasteiger partial charge on any atom is -0.489 e. The second-order valence-corrected chi connectivity index (χ2v) is 7.06. The van der Waals surface area contributed by atoms with Crippen molar-refractivity contribution in [1.82, 2.24) is 0 Å². The highest BCUT2D eigenvalue weighted by Gasteiger charge is 2.11. The van der Waals surface area contributed by atoms with Gasteiger partial charge in [-0.3, -0.25) is 4.79 Å². The number of benzene rings is 3. The number of aryl methyl sites for hydroxylation is 1. The zero-order valence-corrected chi connectivity index (χ0v) is 17.9. The number of carbonyl (C=O) groups is 1. The molecule has 5 heteroatoms. The first kappa shape index (κ1) is 22.4. The van der Waals surface area contributed by atoms with Gasteiger partial charge in [-0.15, -0.1) is 0 Å². The number of nitriles is 1. The van der Waals surface area contributed by atoms with Crippen molar-refractivity contribution < 1.29 is 14.3 Å². The van der Waals surface area contributed by atoms with Crippen molar-refractivity contribution in [3.63, 3.8) is 0 Å². The summed E-state index contributed by atoms with van der Waals surface area (Å²) in [6.07, 6.45) is 3.14. The molecule has 0 aliphatic heterocycles. The van der Waals surface area contributed by atoms with Crippen molar-refractivity contribution in [2.24, 2.45) is 0 Å². The number of carbonyl (C=O) groups excluding carboxylic acids is 1. The molecule has 0 saturated heterocycles. The van der Waals surface area contributed by atoms with E-state index in [0.29, 0.717) is 36.0 Å². The van der Waals surface area contributed by atoms with Crippen LogP contribution in [0.5, 0.6) is 11.5 Å². The third-order valence-corrected chi connectivity index (χ3v) is 4.58. The number of nitrogens with one attached hydrogen (secondary N) is 1. The van der Waals surface area contributed by atoms with Gasteiger partial charge in [-0.25, -0.2) is 0 Å². The van der Waals surface area contributed by atoms with Crippen molar-refractivity contribution in [1.29, 1.82) is 5.26 Å². The topological polar surface area (TPSA) is 71.3 Å². The molecule has 0 aromatic heterocycles. The molecule has 0 radical (unpaired) electrons. The fraction of sp³-hybridized carbons (Fsp3) is 0.111. The molecule has 0 bridgehead atoms. The summed E-state index contributed by atoms with van der Waals surface area (Å²) in [5, 5.41) is 12.2. The largest absolute Gasteiger partial charge is 0.489 e. The lowest BCUT2D eigenvalue weighted by atomic mass is 10.1. The first-order chi connectivity index (χ1) is 15.6. The number of para-hydroxylation sites is 1. The number of rotatable bonds is 9. The van der Waals surface area contributed by atoms with Crippen LogP contribution >= 0.6 is 0 Å². The number of amides is 1. The highest BCUT2D eigenvalue weighted by Crippen LogP contribution is 2.22. The number of nitrogens with zero attached hydrogens (tertiary/aromatic N) is 1. The van der Waals surface area contributed by atoms with Gasteiger partial charge >= 0.3 is 0 Å². The van der Waals surface area contributed by atoms with E-state index in [2.05, 4.69) is 11.9 Å². The van der Waals surface area contributed by atoms with Crippen LogP contribution in [-0.4, -0.2) is 12.5 Å². The molecule has 3 aromatic rings. The molecule has 32 heavy (non-hydrogen) atoms. The molecule has 0 spiro atoms. The van der Waals surface area contributed by atoms with Crippen LogP contribution < -0.4 is 14.8 Å². The zero-order chi connectivity index (χ0) is 22.8. The Morgan fingerprint density at radius 1 is 1.03 bits per heavy atom. The van der Waals surface area contributed by atoms with E-state index in [1.807, 2.05) is 49.4 Å². The average Bonchev–Trinajstić information content (AvgIpc) is 2.82. The molecule has 3 aromatic carbocycles. The molecule has 160 valence electrons. The third kappa shape index (κ3) is 6.35. The number of hydrogen-bond donors (Lipinski definition) is 1. The van der Waals surface area contributed by atoms with Crippen molar-refractivity contribution in [3.8, 4) is 17.6 Å². The number of anilines is 1. The summed E-state index contributed by atoms with van der Waals surface area (Å²) in [6, 6.07) is 24.3. The van der Waals surface area contributed by atoms with Gasteiger partial charge in [-0.05, 0) is 48.9 Å². The second kappa shape index (κ2) is 11.2. The van der Waals surface area contributed by atoms with Crippen LogP contribution in [0.3, 0.4) is 0 Å². The van der Waals surface area contributed by atoms with Gasteiger partial charge in [-0.2, -0.15) is 5.26 Å². The Morgan fingerprint density at radius 2 is 1.75 bits per heavy atom. The number of ether oxygens (including phenoxy) is 2. The van der Waals surface area contributed by atoms with Crippen molar-refractivity contribution in [2.75, 3.05) is 11.9 Å². The predicted molar refractivity (Wildman–Crippen MR) is 126 cm³/mol. The van der Waals surface area contributed by atoms with Crippen molar-refractivity contribution >= 4 is 17.7 Å². The maximum Gasteiger partial charge on any atom is 0.266 e. The van der Waals surface area contributed by atoms with Gasteiger partial charge in [-0.1, -0.05) is 60.7 Å². The van der Waals surface area contributed by atoms with Crippen LogP contribution in [0, 0.1) is 18.3 Å². The molecule has 1 N–H and O–H groups in total. The molecule has 0 saturated carbocycles. The van der Waals surface area contributed by atoms with Gasteiger partial charge in [0.25, 0.3) is 5.91 Å². The molecule has 0 aliphatic rings. The van der Waals surface area contributed by atoms with Crippen LogP contribution in [0.2, 0.25) is 0 Å². The first-order valence-electron chi connectivity index (χ1n) is 10.1. The van der Waals surface area contributed by atoms with E-state index in [0.717, 1.165) is 5.56 Å². The fourth-order valence-electron chi connectivity index (χ4n) is 2.87. The lowest BCUT2D eigenvalue weighted by Gasteiger charge is -2.09. The maximum atomic E-state index is 12.6. The zero-order valence-electron chi connectivity index (χ0n) is 17.9. The maximum absolute atomic E-state index is 12.6. The average molecular weight is 425 g/mol. The molecule has 0 atom stereocenters. The Balaban J connectivity index is 1.64. The van der Waals surface area contributed by atoms with Gasteiger partial charge < -0.3 is 14.8 Å². The van der Waals surface area contributed by atoms with Gasteiger partial charge in [0.2, 0.25) is 0 Å². The van der Waals surface area contributed by atoms with Crippen LogP contribution in [0.1, 0.15) is 16.7 Å². The summed E-state index contributed by atoms with van der Waals surface area (Å²) in [7, 11) is 0. The summed E-state index contributed by atoms with van der Waals surface area (Å²) in [5.41, 5.74) is 3.46. The molecule has 5 nitrogen and oxygen atoms in total. The van der Waals surface area contributed by atoms with E-state index in [4.69, 9.17) is 9.47 Å². The molecule has 0 heterocycles. The Hall–Kier alpha value is -4.30. The predicted octanol–water partition coefficient (Wildman–Crippen LogP) is 5.68. The lowest BCUT2D eigenvalue weighted by Crippen LogP contribution is -2.13. The van der Waals surface area contributed by atoms with E-state index in [9.17, 15) is 10.1 Å². The third-order valence-electron chi connectivity index (χ3n) is 4.58. The van der Waals surface area contributed by atoms with Gasteiger partial charge in [0.15, 0.2) is 0 Å². The van der Waals surface area contributed by atoms with Gasteiger partial charge in [0.05, 0.1) is 0 Å². The highest BCUT2D eigenvalue weighted by molar-refractivity contribution is 6.09. The Labute approximate surface area is 188 Å². The van der Waals surface area contributed by atoms with Gasteiger partial charge in [0, 0.05) is 11.3 Å². The SMILES string of the molecule is C=CCOc1ccccc1/C=C(\C#N)C(=O)Nc1ccc(OCc2ccc(C)cc2)cc1. The first-order valence-corrected chi connectivity index (χ1v) is 10.1. The monoisotopic (exact) mass is 424 g/mol. The fourth-order valence-corrected chi connectivity index (χ4v) is 2.87. The molecule has 1 amide bonds. The summed E-state index contributed by atoms with van der Waals surface area (Å²) in [5.74, 6) is 0.760. The Bertz CT molecular complexity index is 1140. The van der Waals surface area contributed by atoms with Crippen LogP contribution in [0.4, 0.5) is 5.69 Å². The molecule has 0 unspecified atom stereocenters. The Morgan fingerprint density at radius 3 is 2.44 bits per heavy atom. The minimum absolute atomic E-state index is 0.0284. The van der Waals surface area contributed by atoms with Crippen LogP contribution in [-0.2, 0) is 11.4 Å². The molecular formula is C27H24N2O3. The van der Waals surface area contributed by atoms with E-state index >= 15 is 0 Å². The quantitative estimate of drug-likeness (QED) is 0.272. The van der Waals surface area contributed by atoms with Crippen LogP contribution in [0.25, 0.3) is 6.08 Å². The minimum atomic E-state index is -0.501. The molecular weight excluding hydrogens is 400 g/mol. The summed E-state index contributed by atoms with van der Waals surface area (Å²) < 4.78 is 11.4. The number of hydrogen-bond acceptors (Lipinski definition) is 4. The van der Waals surface area contributed by atoms with E-state index in [1.54, 1.807) is 42.5 Å². The molecule has 0 fully saturated rings. The van der Waals surface area contributed by atoms with E-state index in [1.165, 1.54) is 11.6 Å². The summed E-state index contributed by atoms with van der Waals surface area (Å²) in [6.45, 7) is 6.46. The lowest BCUT2D eigenvalue weighted by molar-refractivity contribution is -0.112. The molecule has 0 aliphatic carbocycles. The second-order valence-electron chi connectivity index (χ2n) is 7.06. The Kier molecular flexibility index (Phi) is 7.83. The summed E-state index contributed by atoms with van der Waals surface area (Å²) >= 11 is 0.